The van der Waals surface area contributed by atoms with Crippen LogP contribution in [0.2, 0.25) is 0 Å². The van der Waals surface area contributed by atoms with E-state index in [1.54, 1.807) is 18.3 Å². The summed E-state index contributed by atoms with van der Waals surface area (Å²) in [6, 6.07) is 7.25. The normalized spacial score (nSPS) is 10.3. The van der Waals surface area contributed by atoms with Crippen LogP contribution in [0.3, 0.4) is 0 Å². The Balaban J connectivity index is 2.45. The van der Waals surface area contributed by atoms with Crippen molar-refractivity contribution in [2.24, 2.45) is 0 Å². The molecule has 0 unspecified atom stereocenters. The average molecular weight is 270 g/mol. The fraction of sp³-hybridized carbons (Fsp3) is 0. The SMILES string of the molecule is Fc1ccc(-c2ccc(Br)cn2)cc1F. The second-order valence-electron chi connectivity index (χ2n) is 2.99. The minimum Gasteiger partial charge on any atom is -0.255 e. The van der Waals surface area contributed by atoms with E-state index in [-0.39, 0.29) is 0 Å². The first-order valence-electron chi connectivity index (χ1n) is 4.24. The molecule has 4 heteroatoms. The molecule has 0 atom stereocenters. The number of rotatable bonds is 1. The highest BCUT2D eigenvalue weighted by atomic mass is 79.9. The second kappa shape index (κ2) is 4.06. The standard InChI is InChI=1S/C11H6BrF2N/c12-8-2-4-11(15-6-8)7-1-3-9(13)10(14)5-7/h1-6H. The molecule has 0 aliphatic carbocycles. The first-order valence-corrected chi connectivity index (χ1v) is 5.03. The third kappa shape index (κ3) is 2.21. The summed E-state index contributed by atoms with van der Waals surface area (Å²) in [5, 5.41) is 0. The molecule has 0 aliphatic rings. The van der Waals surface area contributed by atoms with Crippen molar-refractivity contribution >= 4 is 15.9 Å². The molecule has 0 aliphatic heterocycles. The van der Waals surface area contributed by atoms with Crippen LogP contribution in [0.1, 0.15) is 0 Å². The lowest BCUT2D eigenvalue weighted by molar-refractivity contribution is 0.509. The summed E-state index contributed by atoms with van der Waals surface area (Å²) in [5.74, 6) is -1.71. The van der Waals surface area contributed by atoms with E-state index in [0.717, 1.165) is 16.6 Å². The second-order valence-corrected chi connectivity index (χ2v) is 3.91. The first-order chi connectivity index (χ1) is 7.16. The van der Waals surface area contributed by atoms with E-state index in [9.17, 15) is 8.78 Å². The third-order valence-corrected chi connectivity index (χ3v) is 2.41. The molecule has 0 saturated carbocycles. The molecule has 1 nitrogen and oxygen atoms in total. The van der Waals surface area contributed by atoms with Gasteiger partial charge in [0.2, 0.25) is 0 Å². The predicted molar refractivity (Wildman–Crippen MR) is 57.3 cm³/mol. The van der Waals surface area contributed by atoms with Crippen molar-refractivity contribution < 1.29 is 8.78 Å². The quantitative estimate of drug-likeness (QED) is 0.768. The number of hydrogen-bond donors (Lipinski definition) is 0. The fourth-order valence-corrected chi connectivity index (χ4v) is 1.44. The van der Waals surface area contributed by atoms with Gasteiger partial charge in [0, 0.05) is 16.2 Å². The van der Waals surface area contributed by atoms with Crippen molar-refractivity contribution in [3.63, 3.8) is 0 Å². The lowest BCUT2D eigenvalue weighted by Crippen LogP contribution is -1.87. The molecule has 0 N–H and O–H groups in total. The molecule has 2 aromatic rings. The van der Waals surface area contributed by atoms with Gasteiger partial charge in [0.25, 0.3) is 0 Å². The van der Waals surface area contributed by atoms with Gasteiger partial charge in [-0.2, -0.15) is 0 Å². The van der Waals surface area contributed by atoms with E-state index in [1.807, 2.05) is 0 Å². The van der Waals surface area contributed by atoms with Gasteiger partial charge in [-0.1, -0.05) is 0 Å². The number of aromatic nitrogens is 1. The molecule has 0 spiro atoms. The van der Waals surface area contributed by atoms with Crippen LogP contribution in [0.4, 0.5) is 8.78 Å². The van der Waals surface area contributed by atoms with Crippen LogP contribution in [0.15, 0.2) is 41.0 Å². The Bertz CT molecular complexity index is 482. The highest BCUT2D eigenvalue weighted by Gasteiger charge is 2.04. The minimum atomic E-state index is -0.864. The van der Waals surface area contributed by atoms with Crippen LogP contribution >= 0.6 is 15.9 Å². The zero-order valence-corrected chi connectivity index (χ0v) is 9.13. The van der Waals surface area contributed by atoms with Crippen molar-refractivity contribution in [1.82, 2.24) is 4.98 Å². The van der Waals surface area contributed by atoms with Crippen LogP contribution in [0.5, 0.6) is 0 Å². The van der Waals surface area contributed by atoms with Gasteiger partial charge < -0.3 is 0 Å². The summed E-state index contributed by atoms with van der Waals surface area (Å²) < 4.78 is 26.4. The van der Waals surface area contributed by atoms with Crippen LogP contribution in [-0.4, -0.2) is 4.98 Å². The van der Waals surface area contributed by atoms with Crippen molar-refractivity contribution in [2.45, 2.75) is 0 Å². The highest BCUT2D eigenvalue weighted by Crippen LogP contribution is 2.20. The smallest absolute Gasteiger partial charge is 0.159 e. The molecule has 0 fully saturated rings. The Morgan fingerprint density at radius 3 is 2.40 bits per heavy atom. The third-order valence-electron chi connectivity index (χ3n) is 1.94. The number of pyridine rings is 1. The molecule has 0 saturated heterocycles. The van der Waals surface area contributed by atoms with Crippen molar-refractivity contribution in [3.05, 3.63) is 52.6 Å². The minimum absolute atomic E-state index is 0.557. The molecule has 0 radical (unpaired) electrons. The maximum absolute atomic E-state index is 12.9. The molecular formula is C11H6BrF2N. The molecular weight excluding hydrogens is 264 g/mol. The summed E-state index contributed by atoms with van der Waals surface area (Å²) in [4.78, 5) is 4.08. The summed E-state index contributed by atoms with van der Waals surface area (Å²) in [6.07, 6.45) is 1.61. The zero-order chi connectivity index (χ0) is 10.8. The maximum Gasteiger partial charge on any atom is 0.159 e. The summed E-state index contributed by atoms with van der Waals surface area (Å²) in [6.45, 7) is 0. The maximum atomic E-state index is 12.9. The number of benzene rings is 1. The van der Waals surface area contributed by atoms with E-state index in [1.165, 1.54) is 6.07 Å². The van der Waals surface area contributed by atoms with Crippen molar-refractivity contribution in [1.29, 1.82) is 0 Å². The Morgan fingerprint density at radius 2 is 1.80 bits per heavy atom. The fourth-order valence-electron chi connectivity index (χ4n) is 1.20. The van der Waals surface area contributed by atoms with Gasteiger partial charge in [-0.25, -0.2) is 8.78 Å². The Labute approximate surface area is 93.9 Å². The first kappa shape index (κ1) is 10.2. The highest BCUT2D eigenvalue weighted by molar-refractivity contribution is 9.10. The molecule has 0 amide bonds. The van der Waals surface area contributed by atoms with E-state index < -0.39 is 11.6 Å². The van der Waals surface area contributed by atoms with Crippen LogP contribution in [-0.2, 0) is 0 Å². The van der Waals surface area contributed by atoms with Crippen LogP contribution in [0, 0.1) is 11.6 Å². The average Bonchev–Trinajstić information content (AvgIpc) is 2.23. The molecule has 15 heavy (non-hydrogen) atoms. The topological polar surface area (TPSA) is 12.9 Å². The number of hydrogen-bond acceptors (Lipinski definition) is 1. The summed E-state index contributed by atoms with van der Waals surface area (Å²) >= 11 is 3.25. The largest absolute Gasteiger partial charge is 0.255 e. The molecule has 1 heterocycles. The molecule has 2 rings (SSSR count). The lowest BCUT2D eigenvalue weighted by Gasteiger charge is -2.01. The monoisotopic (exact) mass is 269 g/mol. The molecule has 1 aromatic heterocycles. The summed E-state index contributed by atoms with van der Waals surface area (Å²) in [7, 11) is 0. The van der Waals surface area contributed by atoms with E-state index >= 15 is 0 Å². The van der Waals surface area contributed by atoms with Gasteiger partial charge in [-0.3, -0.25) is 4.98 Å². The number of nitrogens with zero attached hydrogens (tertiary/aromatic N) is 1. The van der Waals surface area contributed by atoms with Gasteiger partial charge in [0.15, 0.2) is 11.6 Å². The van der Waals surface area contributed by atoms with Gasteiger partial charge in [-0.05, 0) is 46.3 Å². The van der Waals surface area contributed by atoms with Gasteiger partial charge in [0.05, 0.1) is 5.69 Å². The van der Waals surface area contributed by atoms with Crippen molar-refractivity contribution in [3.8, 4) is 11.3 Å². The van der Waals surface area contributed by atoms with E-state index in [2.05, 4.69) is 20.9 Å². The van der Waals surface area contributed by atoms with E-state index in [4.69, 9.17) is 0 Å². The van der Waals surface area contributed by atoms with E-state index in [0.29, 0.717) is 11.3 Å². The molecule has 76 valence electrons. The Morgan fingerprint density at radius 1 is 1.00 bits per heavy atom. The number of halogens is 3. The van der Waals surface area contributed by atoms with Crippen molar-refractivity contribution in [2.75, 3.05) is 0 Å². The van der Waals surface area contributed by atoms with Crippen LogP contribution < -0.4 is 0 Å². The summed E-state index contributed by atoms with van der Waals surface area (Å²) in [5.41, 5.74) is 1.17. The van der Waals surface area contributed by atoms with Gasteiger partial charge >= 0.3 is 0 Å². The van der Waals surface area contributed by atoms with Gasteiger partial charge in [0.1, 0.15) is 0 Å². The van der Waals surface area contributed by atoms with Gasteiger partial charge in [-0.15, -0.1) is 0 Å². The lowest BCUT2D eigenvalue weighted by atomic mass is 10.1. The Hall–Kier alpha value is -1.29. The van der Waals surface area contributed by atoms with Crippen LogP contribution in [0.25, 0.3) is 11.3 Å². The predicted octanol–water partition coefficient (Wildman–Crippen LogP) is 3.79. The molecule has 1 aromatic carbocycles. The molecule has 0 bridgehead atoms. The Kier molecular flexibility index (Phi) is 2.77. The zero-order valence-electron chi connectivity index (χ0n) is 7.55.